The molecule has 1 aliphatic carbocycles. The topological polar surface area (TPSA) is 30.5 Å². The molecule has 1 N–H and O–H groups in total. The van der Waals surface area contributed by atoms with Crippen LogP contribution in [0.1, 0.15) is 31.7 Å². The Labute approximate surface area is 114 Å². The average Bonchev–Trinajstić information content (AvgIpc) is 3.22. The highest BCUT2D eigenvalue weighted by Crippen LogP contribution is 2.25. The number of benzene rings is 1. The van der Waals surface area contributed by atoms with E-state index >= 15 is 0 Å². The summed E-state index contributed by atoms with van der Waals surface area (Å²) < 4.78 is 24.6. The van der Waals surface area contributed by atoms with E-state index in [1.54, 1.807) is 6.07 Å². The Balaban J connectivity index is 1.84. The largest absolute Gasteiger partial charge is 0.490 e. The van der Waals surface area contributed by atoms with E-state index in [9.17, 15) is 4.39 Å². The highest BCUT2D eigenvalue weighted by molar-refractivity contribution is 5.35. The standard InChI is InChI=1S/C15H22FNO2/c1-2-18-9-4-10-19-15-12(5-3-6-14(15)16)11-17-13-7-8-13/h3,5-6,13,17H,2,4,7-11H2,1H3. The molecule has 0 atom stereocenters. The first-order valence-electron chi connectivity index (χ1n) is 7.02. The molecule has 0 bridgehead atoms. The average molecular weight is 267 g/mol. The number of ether oxygens (including phenoxy) is 2. The van der Waals surface area contributed by atoms with Gasteiger partial charge in [0.15, 0.2) is 11.6 Å². The number of hydrogen-bond donors (Lipinski definition) is 1. The lowest BCUT2D eigenvalue weighted by Gasteiger charge is -2.13. The van der Waals surface area contributed by atoms with Gasteiger partial charge in [0.25, 0.3) is 0 Å². The van der Waals surface area contributed by atoms with Crippen LogP contribution in [-0.4, -0.2) is 25.9 Å². The van der Waals surface area contributed by atoms with Gasteiger partial charge in [-0.25, -0.2) is 4.39 Å². The Morgan fingerprint density at radius 1 is 1.32 bits per heavy atom. The van der Waals surface area contributed by atoms with Crippen LogP contribution in [0.3, 0.4) is 0 Å². The molecule has 0 heterocycles. The van der Waals surface area contributed by atoms with Crippen molar-refractivity contribution in [1.82, 2.24) is 5.32 Å². The molecule has 0 saturated heterocycles. The van der Waals surface area contributed by atoms with Crippen LogP contribution in [0.2, 0.25) is 0 Å². The summed E-state index contributed by atoms with van der Waals surface area (Å²) in [7, 11) is 0. The van der Waals surface area contributed by atoms with Gasteiger partial charge in [-0.3, -0.25) is 0 Å². The van der Waals surface area contributed by atoms with Crippen LogP contribution in [0.25, 0.3) is 0 Å². The molecule has 1 fully saturated rings. The summed E-state index contributed by atoms with van der Waals surface area (Å²) in [5.74, 6) is 0.0960. The third-order valence-corrected chi connectivity index (χ3v) is 3.09. The monoisotopic (exact) mass is 267 g/mol. The molecule has 106 valence electrons. The van der Waals surface area contributed by atoms with Crippen LogP contribution in [0.15, 0.2) is 18.2 Å². The summed E-state index contributed by atoms with van der Waals surface area (Å²) in [5.41, 5.74) is 0.892. The van der Waals surface area contributed by atoms with Gasteiger partial charge in [-0.05, 0) is 25.8 Å². The Morgan fingerprint density at radius 3 is 2.89 bits per heavy atom. The molecule has 0 spiro atoms. The number of rotatable bonds is 9. The van der Waals surface area contributed by atoms with Crippen molar-refractivity contribution >= 4 is 0 Å². The van der Waals surface area contributed by atoms with Gasteiger partial charge < -0.3 is 14.8 Å². The minimum atomic E-state index is -0.286. The van der Waals surface area contributed by atoms with E-state index in [0.717, 1.165) is 12.0 Å². The Hall–Kier alpha value is -1.13. The van der Waals surface area contributed by atoms with Crippen molar-refractivity contribution in [3.8, 4) is 5.75 Å². The van der Waals surface area contributed by atoms with Gasteiger partial charge in [-0.1, -0.05) is 12.1 Å². The minimum Gasteiger partial charge on any atom is -0.490 e. The van der Waals surface area contributed by atoms with Crippen molar-refractivity contribution < 1.29 is 13.9 Å². The van der Waals surface area contributed by atoms with E-state index in [-0.39, 0.29) is 5.82 Å². The van der Waals surface area contributed by atoms with E-state index in [2.05, 4.69) is 5.32 Å². The molecular formula is C15H22FNO2. The van der Waals surface area contributed by atoms with E-state index in [1.165, 1.54) is 18.9 Å². The van der Waals surface area contributed by atoms with Gasteiger partial charge >= 0.3 is 0 Å². The van der Waals surface area contributed by atoms with Gasteiger partial charge in [0.2, 0.25) is 0 Å². The van der Waals surface area contributed by atoms with Crippen molar-refractivity contribution in [2.45, 2.75) is 38.8 Å². The summed E-state index contributed by atoms with van der Waals surface area (Å²) in [6, 6.07) is 5.69. The first-order chi connectivity index (χ1) is 9.31. The van der Waals surface area contributed by atoms with Crippen molar-refractivity contribution in [2.75, 3.05) is 19.8 Å². The highest BCUT2D eigenvalue weighted by Gasteiger charge is 2.21. The second-order valence-corrected chi connectivity index (χ2v) is 4.78. The number of hydrogen-bond acceptors (Lipinski definition) is 3. The molecule has 1 saturated carbocycles. The molecule has 1 aromatic rings. The number of para-hydroxylation sites is 1. The molecule has 2 rings (SSSR count). The molecule has 1 aliphatic rings. The lowest BCUT2D eigenvalue weighted by atomic mass is 10.2. The third kappa shape index (κ3) is 4.80. The zero-order valence-corrected chi connectivity index (χ0v) is 11.5. The van der Waals surface area contributed by atoms with Crippen molar-refractivity contribution in [1.29, 1.82) is 0 Å². The van der Waals surface area contributed by atoms with Gasteiger partial charge in [0.1, 0.15) is 0 Å². The van der Waals surface area contributed by atoms with Gasteiger partial charge in [-0.15, -0.1) is 0 Å². The zero-order valence-electron chi connectivity index (χ0n) is 11.5. The van der Waals surface area contributed by atoms with Gasteiger partial charge in [0, 0.05) is 37.8 Å². The molecule has 0 radical (unpaired) electrons. The fourth-order valence-corrected chi connectivity index (χ4v) is 1.88. The maximum atomic E-state index is 13.8. The van der Waals surface area contributed by atoms with Crippen LogP contribution in [-0.2, 0) is 11.3 Å². The summed E-state index contributed by atoms with van der Waals surface area (Å²) in [6.45, 7) is 4.47. The molecule has 1 aromatic carbocycles. The van der Waals surface area contributed by atoms with Crippen molar-refractivity contribution in [3.63, 3.8) is 0 Å². The predicted octanol–water partition coefficient (Wildman–Crippen LogP) is 2.88. The predicted molar refractivity (Wildman–Crippen MR) is 72.9 cm³/mol. The molecule has 0 aliphatic heterocycles. The van der Waals surface area contributed by atoms with E-state index in [1.807, 2.05) is 13.0 Å². The Bertz CT molecular complexity index is 394. The Kier molecular flexibility index (Phi) is 5.61. The molecule has 0 aromatic heterocycles. The first kappa shape index (κ1) is 14.3. The first-order valence-corrected chi connectivity index (χ1v) is 7.02. The van der Waals surface area contributed by atoms with E-state index < -0.39 is 0 Å². The quantitative estimate of drug-likeness (QED) is 0.698. The zero-order chi connectivity index (χ0) is 13.5. The van der Waals surface area contributed by atoms with Crippen molar-refractivity contribution in [2.24, 2.45) is 0 Å². The maximum Gasteiger partial charge on any atom is 0.165 e. The van der Waals surface area contributed by atoms with Gasteiger partial charge in [-0.2, -0.15) is 0 Å². The summed E-state index contributed by atoms with van der Waals surface area (Å²) in [5, 5.41) is 3.38. The number of halogens is 1. The summed E-state index contributed by atoms with van der Waals surface area (Å²) >= 11 is 0. The van der Waals surface area contributed by atoms with Crippen LogP contribution < -0.4 is 10.1 Å². The molecule has 3 nitrogen and oxygen atoms in total. The van der Waals surface area contributed by atoms with E-state index in [0.29, 0.717) is 38.2 Å². The molecule has 19 heavy (non-hydrogen) atoms. The molecule has 4 heteroatoms. The maximum absolute atomic E-state index is 13.8. The van der Waals surface area contributed by atoms with Crippen molar-refractivity contribution in [3.05, 3.63) is 29.6 Å². The van der Waals surface area contributed by atoms with Crippen LogP contribution >= 0.6 is 0 Å². The molecule has 0 amide bonds. The third-order valence-electron chi connectivity index (χ3n) is 3.09. The number of nitrogens with one attached hydrogen (secondary N) is 1. The minimum absolute atomic E-state index is 0.286. The van der Waals surface area contributed by atoms with Crippen LogP contribution in [0.5, 0.6) is 5.75 Å². The summed E-state index contributed by atoms with van der Waals surface area (Å²) in [6.07, 6.45) is 3.22. The van der Waals surface area contributed by atoms with E-state index in [4.69, 9.17) is 9.47 Å². The van der Waals surface area contributed by atoms with Crippen LogP contribution in [0.4, 0.5) is 4.39 Å². The van der Waals surface area contributed by atoms with Crippen LogP contribution in [0, 0.1) is 5.82 Å². The highest BCUT2D eigenvalue weighted by atomic mass is 19.1. The summed E-state index contributed by atoms with van der Waals surface area (Å²) in [4.78, 5) is 0. The Morgan fingerprint density at radius 2 is 2.16 bits per heavy atom. The smallest absolute Gasteiger partial charge is 0.165 e. The molecule has 0 unspecified atom stereocenters. The second kappa shape index (κ2) is 7.46. The lowest BCUT2D eigenvalue weighted by Crippen LogP contribution is -2.16. The fraction of sp³-hybridized carbons (Fsp3) is 0.600. The molecular weight excluding hydrogens is 245 g/mol. The lowest BCUT2D eigenvalue weighted by molar-refractivity contribution is 0.130. The normalized spacial score (nSPS) is 14.6. The second-order valence-electron chi connectivity index (χ2n) is 4.78. The SMILES string of the molecule is CCOCCCOc1c(F)cccc1CNC1CC1. The fourth-order valence-electron chi connectivity index (χ4n) is 1.88. The van der Waals surface area contributed by atoms with Gasteiger partial charge in [0.05, 0.1) is 6.61 Å².